The predicted octanol–water partition coefficient (Wildman–Crippen LogP) is 1.74. The highest BCUT2D eigenvalue weighted by atomic mass is 16.5. The lowest BCUT2D eigenvalue weighted by atomic mass is 9.82. The van der Waals surface area contributed by atoms with Gasteiger partial charge in [-0.3, -0.25) is 14.5 Å². The van der Waals surface area contributed by atoms with Crippen molar-refractivity contribution < 1.29 is 14.1 Å². The Balaban J connectivity index is 1.56. The molecule has 2 fully saturated rings. The number of aromatic nitrogens is 2. The van der Waals surface area contributed by atoms with Gasteiger partial charge in [-0.1, -0.05) is 5.16 Å². The molecule has 2 aliphatic rings. The van der Waals surface area contributed by atoms with Gasteiger partial charge in [0.05, 0.1) is 17.3 Å². The molecular formula is C21H29N5O3. The van der Waals surface area contributed by atoms with E-state index in [0.717, 1.165) is 43.6 Å². The number of rotatable bonds is 3. The number of carbonyl (C=O) groups is 2. The molecule has 0 radical (unpaired) electrons. The molecule has 1 spiro atoms. The second-order valence-electron chi connectivity index (χ2n) is 8.44. The molecule has 2 unspecified atom stereocenters. The number of nitrogens with zero attached hydrogens (tertiary/aromatic N) is 4. The highest BCUT2D eigenvalue weighted by Crippen LogP contribution is 2.37. The van der Waals surface area contributed by atoms with Gasteiger partial charge in [-0.15, -0.1) is 0 Å². The van der Waals surface area contributed by atoms with Crippen molar-refractivity contribution in [3.63, 3.8) is 0 Å². The first-order valence-electron chi connectivity index (χ1n) is 10.2. The monoisotopic (exact) mass is 399 g/mol. The summed E-state index contributed by atoms with van der Waals surface area (Å²) in [5, 5.41) is 7.02. The van der Waals surface area contributed by atoms with Crippen LogP contribution in [0.25, 0.3) is 0 Å². The van der Waals surface area contributed by atoms with Crippen LogP contribution in [0.15, 0.2) is 23.0 Å². The summed E-state index contributed by atoms with van der Waals surface area (Å²) in [5.41, 5.74) is 2.53. The minimum atomic E-state index is -0.256. The summed E-state index contributed by atoms with van der Waals surface area (Å²) in [4.78, 5) is 30.4. The minimum absolute atomic E-state index is 0.0283. The van der Waals surface area contributed by atoms with Gasteiger partial charge in [0.25, 0.3) is 11.8 Å². The van der Waals surface area contributed by atoms with Crippen molar-refractivity contribution in [2.75, 3.05) is 26.7 Å². The summed E-state index contributed by atoms with van der Waals surface area (Å²) in [6.45, 7) is 5.97. The third-order valence-corrected chi connectivity index (χ3v) is 6.73. The lowest BCUT2D eigenvalue weighted by Crippen LogP contribution is -2.64. The standard InChI is InChI=1S/C21H29N5O3/c1-14-6-10-24(3)18(14)20(28)26-9-5-8-21(13-26)17(7-11-25(21)4)22-19(27)16-12-29-23-15(16)2/h6,10,12,17H,5,7-9,11,13H2,1-4H3,(H,22,27). The van der Waals surface area contributed by atoms with E-state index in [2.05, 4.69) is 22.4 Å². The molecule has 0 aliphatic carbocycles. The zero-order valence-corrected chi connectivity index (χ0v) is 17.6. The number of likely N-dealkylation sites (N-methyl/N-ethyl adjacent to an activating group) is 1. The minimum Gasteiger partial charge on any atom is -0.364 e. The zero-order valence-electron chi connectivity index (χ0n) is 17.6. The van der Waals surface area contributed by atoms with Crippen LogP contribution in [0.1, 0.15) is 51.4 Å². The molecule has 0 bridgehead atoms. The quantitative estimate of drug-likeness (QED) is 0.850. The summed E-state index contributed by atoms with van der Waals surface area (Å²) >= 11 is 0. The van der Waals surface area contributed by atoms with Crippen molar-refractivity contribution in [2.45, 2.75) is 44.7 Å². The number of piperidine rings is 1. The molecular weight excluding hydrogens is 370 g/mol. The van der Waals surface area contributed by atoms with E-state index < -0.39 is 0 Å². The van der Waals surface area contributed by atoms with Crippen molar-refractivity contribution in [1.29, 1.82) is 0 Å². The lowest BCUT2D eigenvalue weighted by molar-refractivity contribution is 0.0309. The number of likely N-dealkylation sites (tertiary alicyclic amines) is 2. The second kappa shape index (κ2) is 7.33. The van der Waals surface area contributed by atoms with Crippen LogP contribution in [0.2, 0.25) is 0 Å². The van der Waals surface area contributed by atoms with E-state index in [1.165, 1.54) is 6.26 Å². The van der Waals surface area contributed by atoms with Crippen molar-refractivity contribution >= 4 is 11.8 Å². The molecule has 8 nitrogen and oxygen atoms in total. The molecule has 4 heterocycles. The number of hydrogen-bond acceptors (Lipinski definition) is 5. The van der Waals surface area contributed by atoms with Crippen LogP contribution >= 0.6 is 0 Å². The van der Waals surface area contributed by atoms with Crippen LogP contribution in [0, 0.1) is 13.8 Å². The summed E-state index contributed by atoms with van der Waals surface area (Å²) < 4.78 is 6.82. The zero-order chi connectivity index (χ0) is 20.8. The molecule has 1 N–H and O–H groups in total. The Morgan fingerprint density at radius 3 is 2.72 bits per heavy atom. The Bertz CT molecular complexity index is 913. The Labute approximate surface area is 170 Å². The van der Waals surface area contributed by atoms with Crippen molar-refractivity contribution in [3.8, 4) is 0 Å². The van der Waals surface area contributed by atoms with E-state index in [-0.39, 0.29) is 23.4 Å². The molecule has 4 rings (SSSR count). The maximum atomic E-state index is 13.3. The number of carbonyl (C=O) groups excluding carboxylic acids is 2. The van der Waals surface area contributed by atoms with Gasteiger partial charge < -0.3 is 19.3 Å². The van der Waals surface area contributed by atoms with Gasteiger partial charge in [-0.05, 0) is 51.8 Å². The van der Waals surface area contributed by atoms with E-state index >= 15 is 0 Å². The van der Waals surface area contributed by atoms with Gasteiger partial charge >= 0.3 is 0 Å². The molecule has 2 atom stereocenters. The second-order valence-corrected chi connectivity index (χ2v) is 8.44. The van der Waals surface area contributed by atoms with Crippen LogP contribution in [0.5, 0.6) is 0 Å². The van der Waals surface area contributed by atoms with Crippen molar-refractivity contribution in [2.24, 2.45) is 7.05 Å². The van der Waals surface area contributed by atoms with Crippen LogP contribution < -0.4 is 5.32 Å². The average molecular weight is 399 g/mol. The van der Waals surface area contributed by atoms with Gasteiger partial charge in [0, 0.05) is 32.9 Å². The first kappa shape index (κ1) is 19.7. The normalized spacial score (nSPS) is 25.0. The first-order chi connectivity index (χ1) is 13.8. The third-order valence-electron chi connectivity index (χ3n) is 6.73. The molecule has 29 heavy (non-hydrogen) atoms. The largest absolute Gasteiger partial charge is 0.364 e. The third kappa shape index (κ3) is 3.25. The molecule has 2 amide bonds. The van der Waals surface area contributed by atoms with E-state index in [4.69, 9.17) is 4.52 Å². The van der Waals surface area contributed by atoms with E-state index in [1.54, 1.807) is 6.92 Å². The fourth-order valence-electron chi connectivity index (χ4n) is 4.99. The van der Waals surface area contributed by atoms with E-state index in [9.17, 15) is 9.59 Å². The summed E-state index contributed by atoms with van der Waals surface area (Å²) in [6, 6.07) is 1.94. The molecule has 8 heteroatoms. The van der Waals surface area contributed by atoms with E-state index in [1.807, 2.05) is 35.7 Å². The smallest absolute Gasteiger partial charge is 0.270 e. The van der Waals surface area contributed by atoms with Gasteiger partial charge in [-0.25, -0.2) is 0 Å². The summed E-state index contributed by atoms with van der Waals surface area (Å²) in [5.74, 6) is -0.0977. The Hall–Kier alpha value is -2.61. The molecule has 156 valence electrons. The predicted molar refractivity (Wildman–Crippen MR) is 108 cm³/mol. The van der Waals surface area contributed by atoms with Crippen molar-refractivity contribution in [3.05, 3.63) is 41.0 Å². The van der Waals surface area contributed by atoms with Crippen LogP contribution in [0.3, 0.4) is 0 Å². The number of hydrogen-bond donors (Lipinski definition) is 1. The van der Waals surface area contributed by atoms with Crippen LogP contribution in [-0.2, 0) is 7.05 Å². The highest BCUT2D eigenvalue weighted by molar-refractivity contribution is 5.95. The molecule has 2 aliphatic heterocycles. The Morgan fingerprint density at radius 1 is 1.28 bits per heavy atom. The van der Waals surface area contributed by atoms with Crippen LogP contribution in [0.4, 0.5) is 0 Å². The summed E-state index contributed by atoms with van der Waals surface area (Å²) in [7, 11) is 4.00. The fourth-order valence-corrected chi connectivity index (χ4v) is 4.99. The van der Waals surface area contributed by atoms with Gasteiger partial charge in [-0.2, -0.15) is 0 Å². The Kier molecular flexibility index (Phi) is 4.98. The first-order valence-corrected chi connectivity index (χ1v) is 10.2. The van der Waals surface area contributed by atoms with Gasteiger partial charge in [0.2, 0.25) is 0 Å². The number of amides is 2. The fraction of sp³-hybridized carbons (Fsp3) is 0.571. The Morgan fingerprint density at radius 2 is 2.07 bits per heavy atom. The molecule has 2 saturated heterocycles. The number of nitrogens with one attached hydrogen (secondary N) is 1. The molecule has 0 saturated carbocycles. The van der Waals surface area contributed by atoms with Gasteiger partial charge in [0.1, 0.15) is 17.5 Å². The summed E-state index contributed by atoms with van der Waals surface area (Å²) in [6.07, 6.45) is 6.04. The van der Waals surface area contributed by atoms with Gasteiger partial charge in [0.15, 0.2) is 0 Å². The maximum Gasteiger partial charge on any atom is 0.270 e. The van der Waals surface area contributed by atoms with Crippen LogP contribution in [-0.4, -0.2) is 69.6 Å². The topological polar surface area (TPSA) is 83.6 Å². The molecule has 2 aromatic rings. The SMILES string of the molecule is Cc1ccn(C)c1C(=O)N1CCCC2(C1)C(NC(=O)c1conc1C)CCN2C. The molecule has 2 aromatic heterocycles. The molecule has 0 aromatic carbocycles. The number of aryl methyl sites for hydroxylation is 3. The lowest BCUT2D eigenvalue weighted by Gasteiger charge is -2.47. The maximum absolute atomic E-state index is 13.3. The average Bonchev–Trinajstić information content (AvgIpc) is 3.36. The van der Waals surface area contributed by atoms with Crippen molar-refractivity contribution in [1.82, 2.24) is 24.8 Å². The van der Waals surface area contributed by atoms with E-state index in [0.29, 0.717) is 17.8 Å². The highest BCUT2D eigenvalue weighted by Gasteiger charge is 2.51.